The van der Waals surface area contributed by atoms with E-state index in [2.05, 4.69) is 23.5 Å². The van der Waals surface area contributed by atoms with Gasteiger partial charge in [0.05, 0.1) is 0 Å². The van der Waals surface area contributed by atoms with Crippen LogP contribution in [0.25, 0.3) is 0 Å². The van der Waals surface area contributed by atoms with Crippen molar-refractivity contribution >= 4 is 0 Å². The Balaban J connectivity index is 1.52. The van der Waals surface area contributed by atoms with Crippen molar-refractivity contribution in [3.8, 4) is 0 Å². The van der Waals surface area contributed by atoms with E-state index in [0.29, 0.717) is 12.1 Å². The Labute approximate surface area is 116 Å². The summed E-state index contributed by atoms with van der Waals surface area (Å²) in [6, 6.07) is 8.04. The molecule has 0 saturated heterocycles. The van der Waals surface area contributed by atoms with Crippen molar-refractivity contribution in [3.05, 3.63) is 34.9 Å². The van der Waals surface area contributed by atoms with Crippen LogP contribution >= 0.6 is 0 Å². The lowest BCUT2D eigenvalue weighted by Crippen LogP contribution is -2.41. The van der Waals surface area contributed by atoms with E-state index in [1.165, 1.54) is 50.5 Å². The number of nitrogens with one attached hydrogen (secondary N) is 1. The SMILES string of the molecule is NC1CCCC1NCCc1ccc2c(c1)CCCC2. The Kier molecular flexibility index (Phi) is 4.19. The molecule has 0 bridgehead atoms. The standard InChI is InChI=1S/C17H26N2/c18-16-6-3-7-17(16)19-11-10-13-8-9-14-4-1-2-5-15(14)12-13/h8-9,12,16-17,19H,1-7,10-11,18H2. The maximum absolute atomic E-state index is 6.09. The average Bonchev–Trinajstić information content (AvgIpc) is 2.84. The second kappa shape index (κ2) is 6.06. The summed E-state index contributed by atoms with van der Waals surface area (Å²) >= 11 is 0. The zero-order valence-electron chi connectivity index (χ0n) is 11.8. The molecule has 1 aromatic carbocycles. The highest BCUT2D eigenvalue weighted by Crippen LogP contribution is 2.22. The molecule has 0 aromatic heterocycles. The van der Waals surface area contributed by atoms with Gasteiger partial charge >= 0.3 is 0 Å². The Morgan fingerprint density at radius 3 is 2.68 bits per heavy atom. The van der Waals surface area contributed by atoms with Crippen LogP contribution in [0, 0.1) is 0 Å². The number of benzene rings is 1. The second-order valence-electron chi connectivity index (χ2n) is 6.22. The quantitative estimate of drug-likeness (QED) is 0.871. The molecule has 2 atom stereocenters. The van der Waals surface area contributed by atoms with E-state index in [9.17, 15) is 0 Å². The molecule has 0 heterocycles. The van der Waals surface area contributed by atoms with E-state index in [1.807, 2.05) is 0 Å². The van der Waals surface area contributed by atoms with Crippen LogP contribution in [0.1, 0.15) is 48.8 Å². The van der Waals surface area contributed by atoms with Gasteiger partial charge in [-0.15, -0.1) is 0 Å². The first-order valence-electron chi connectivity index (χ1n) is 7.92. The molecule has 2 aliphatic rings. The zero-order chi connectivity index (χ0) is 13.1. The molecule has 2 nitrogen and oxygen atoms in total. The fraction of sp³-hybridized carbons (Fsp3) is 0.647. The van der Waals surface area contributed by atoms with Gasteiger partial charge in [-0.05, 0) is 68.2 Å². The summed E-state index contributed by atoms with van der Waals surface area (Å²) in [5.41, 5.74) is 10.8. The highest BCUT2D eigenvalue weighted by atomic mass is 15.0. The summed E-state index contributed by atoms with van der Waals surface area (Å²) in [6.07, 6.45) is 10.2. The first-order valence-corrected chi connectivity index (χ1v) is 7.92. The van der Waals surface area contributed by atoms with Crippen molar-refractivity contribution in [3.63, 3.8) is 0 Å². The highest BCUT2D eigenvalue weighted by Gasteiger charge is 2.22. The minimum atomic E-state index is 0.378. The van der Waals surface area contributed by atoms with E-state index < -0.39 is 0 Å². The molecule has 19 heavy (non-hydrogen) atoms. The minimum absolute atomic E-state index is 0.378. The minimum Gasteiger partial charge on any atom is -0.326 e. The number of hydrogen-bond donors (Lipinski definition) is 2. The lowest BCUT2D eigenvalue weighted by atomic mass is 9.90. The summed E-state index contributed by atoms with van der Waals surface area (Å²) in [5.74, 6) is 0. The largest absolute Gasteiger partial charge is 0.326 e. The molecular weight excluding hydrogens is 232 g/mol. The predicted octanol–water partition coefficient (Wildman–Crippen LogP) is 2.58. The molecule has 2 heteroatoms. The van der Waals surface area contributed by atoms with E-state index in [-0.39, 0.29) is 0 Å². The third kappa shape index (κ3) is 3.18. The molecule has 0 radical (unpaired) electrons. The van der Waals surface area contributed by atoms with Crippen LogP contribution in [0.3, 0.4) is 0 Å². The number of nitrogens with two attached hydrogens (primary N) is 1. The van der Waals surface area contributed by atoms with Gasteiger partial charge in [-0.1, -0.05) is 24.6 Å². The molecule has 1 fully saturated rings. The number of fused-ring (bicyclic) bond motifs is 1. The molecule has 0 amide bonds. The molecule has 0 aliphatic heterocycles. The van der Waals surface area contributed by atoms with Crippen molar-refractivity contribution < 1.29 is 0 Å². The van der Waals surface area contributed by atoms with Gasteiger partial charge in [-0.3, -0.25) is 0 Å². The second-order valence-corrected chi connectivity index (χ2v) is 6.22. The van der Waals surface area contributed by atoms with Gasteiger partial charge in [-0.2, -0.15) is 0 Å². The van der Waals surface area contributed by atoms with Crippen LogP contribution < -0.4 is 11.1 Å². The molecule has 104 valence electrons. The van der Waals surface area contributed by atoms with Crippen molar-refractivity contribution in [1.82, 2.24) is 5.32 Å². The van der Waals surface area contributed by atoms with Gasteiger partial charge in [-0.25, -0.2) is 0 Å². The van der Waals surface area contributed by atoms with E-state index in [0.717, 1.165) is 13.0 Å². The molecule has 1 aromatic rings. The van der Waals surface area contributed by atoms with Crippen LogP contribution in [-0.4, -0.2) is 18.6 Å². The summed E-state index contributed by atoms with van der Waals surface area (Å²) in [7, 11) is 0. The van der Waals surface area contributed by atoms with Crippen LogP contribution in [0.4, 0.5) is 0 Å². The van der Waals surface area contributed by atoms with Gasteiger partial charge < -0.3 is 11.1 Å². The summed E-state index contributed by atoms with van der Waals surface area (Å²) in [6.45, 7) is 1.07. The first-order chi connectivity index (χ1) is 9.33. The molecule has 3 N–H and O–H groups in total. The van der Waals surface area contributed by atoms with Crippen LogP contribution in [0.5, 0.6) is 0 Å². The van der Waals surface area contributed by atoms with Gasteiger partial charge in [0.15, 0.2) is 0 Å². The highest BCUT2D eigenvalue weighted by molar-refractivity contribution is 5.33. The Hall–Kier alpha value is -0.860. The maximum Gasteiger partial charge on any atom is 0.0219 e. The number of rotatable bonds is 4. The predicted molar refractivity (Wildman–Crippen MR) is 80.4 cm³/mol. The normalized spacial score (nSPS) is 26.4. The maximum atomic E-state index is 6.09. The number of hydrogen-bond acceptors (Lipinski definition) is 2. The van der Waals surface area contributed by atoms with E-state index in [1.54, 1.807) is 11.1 Å². The van der Waals surface area contributed by atoms with Gasteiger partial charge in [0.2, 0.25) is 0 Å². The third-order valence-electron chi connectivity index (χ3n) is 4.80. The Bertz CT molecular complexity index is 427. The zero-order valence-corrected chi connectivity index (χ0v) is 11.8. The van der Waals surface area contributed by atoms with Crippen molar-refractivity contribution in [2.24, 2.45) is 5.73 Å². The number of aryl methyl sites for hydroxylation is 2. The Morgan fingerprint density at radius 2 is 1.89 bits per heavy atom. The monoisotopic (exact) mass is 258 g/mol. The molecular formula is C17H26N2. The Morgan fingerprint density at radius 1 is 1.05 bits per heavy atom. The van der Waals surface area contributed by atoms with Crippen molar-refractivity contribution in [2.45, 2.75) is 63.5 Å². The van der Waals surface area contributed by atoms with Gasteiger partial charge in [0.25, 0.3) is 0 Å². The van der Waals surface area contributed by atoms with Crippen LogP contribution in [0.2, 0.25) is 0 Å². The van der Waals surface area contributed by atoms with Crippen LogP contribution in [-0.2, 0) is 19.3 Å². The smallest absolute Gasteiger partial charge is 0.0219 e. The first kappa shape index (κ1) is 13.1. The van der Waals surface area contributed by atoms with Gasteiger partial charge in [0.1, 0.15) is 0 Å². The fourth-order valence-electron chi connectivity index (χ4n) is 3.59. The van der Waals surface area contributed by atoms with E-state index >= 15 is 0 Å². The lowest BCUT2D eigenvalue weighted by molar-refractivity contribution is 0.479. The lowest BCUT2D eigenvalue weighted by Gasteiger charge is -2.19. The summed E-state index contributed by atoms with van der Waals surface area (Å²) in [4.78, 5) is 0. The molecule has 2 unspecified atom stereocenters. The molecule has 0 spiro atoms. The molecule has 3 rings (SSSR count). The molecule has 2 aliphatic carbocycles. The third-order valence-corrected chi connectivity index (χ3v) is 4.80. The van der Waals surface area contributed by atoms with E-state index in [4.69, 9.17) is 5.73 Å². The molecule has 1 saturated carbocycles. The topological polar surface area (TPSA) is 38.0 Å². The average molecular weight is 258 g/mol. The fourth-order valence-corrected chi connectivity index (χ4v) is 3.59. The van der Waals surface area contributed by atoms with Crippen molar-refractivity contribution in [2.75, 3.05) is 6.54 Å². The summed E-state index contributed by atoms with van der Waals surface area (Å²) in [5, 5.41) is 3.63. The summed E-state index contributed by atoms with van der Waals surface area (Å²) < 4.78 is 0. The van der Waals surface area contributed by atoms with Crippen LogP contribution in [0.15, 0.2) is 18.2 Å². The van der Waals surface area contributed by atoms with Gasteiger partial charge in [0, 0.05) is 12.1 Å². The van der Waals surface area contributed by atoms with Crippen molar-refractivity contribution in [1.29, 1.82) is 0 Å².